The zero-order valence-corrected chi connectivity index (χ0v) is 15.2. The SMILES string of the molecule is CC(=O)Oc1ccc(C(OC(C)=O)c2ccc(-c3ccccc3)cc2)cc1. The minimum atomic E-state index is -0.529. The van der Waals surface area contributed by atoms with Crippen LogP contribution in [0.2, 0.25) is 0 Å². The molecule has 0 aromatic heterocycles. The number of esters is 2. The zero-order chi connectivity index (χ0) is 19.2. The molecule has 1 atom stereocenters. The van der Waals surface area contributed by atoms with Crippen LogP contribution in [0.3, 0.4) is 0 Å². The summed E-state index contributed by atoms with van der Waals surface area (Å²) in [7, 11) is 0. The Kier molecular flexibility index (Phi) is 5.67. The lowest BCUT2D eigenvalue weighted by Gasteiger charge is -2.18. The van der Waals surface area contributed by atoms with Gasteiger partial charge in [0.05, 0.1) is 0 Å². The topological polar surface area (TPSA) is 52.6 Å². The number of benzene rings is 3. The van der Waals surface area contributed by atoms with E-state index in [1.165, 1.54) is 13.8 Å². The van der Waals surface area contributed by atoms with Crippen LogP contribution in [0, 0.1) is 0 Å². The van der Waals surface area contributed by atoms with Crippen molar-refractivity contribution in [2.75, 3.05) is 0 Å². The fourth-order valence-corrected chi connectivity index (χ4v) is 2.85. The second-order valence-corrected chi connectivity index (χ2v) is 6.14. The predicted molar refractivity (Wildman–Crippen MR) is 103 cm³/mol. The molecular weight excluding hydrogens is 340 g/mol. The average molecular weight is 360 g/mol. The highest BCUT2D eigenvalue weighted by molar-refractivity contribution is 5.69. The highest BCUT2D eigenvalue weighted by atomic mass is 16.5. The second-order valence-electron chi connectivity index (χ2n) is 6.14. The zero-order valence-electron chi connectivity index (χ0n) is 15.2. The molecule has 0 spiro atoms. The third-order valence-electron chi connectivity index (χ3n) is 4.05. The summed E-state index contributed by atoms with van der Waals surface area (Å²) in [5.41, 5.74) is 3.88. The number of ether oxygens (including phenoxy) is 2. The van der Waals surface area contributed by atoms with Gasteiger partial charge in [-0.2, -0.15) is 0 Å². The van der Waals surface area contributed by atoms with Crippen LogP contribution in [-0.2, 0) is 14.3 Å². The van der Waals surface area contributed by atoms with Crippen molar-refractivity contribution in [2.45, 2.75) is 20.0 Å². The summed E-state index contributed by atoms with van der Waals surface area (Å²) in [5.74, 6) is -0.292. The standard InChI is InChI=1S/C23H20O4/c1-16(24)26-22-14-12-21(13-15-22)23(27-17(2)25)20-10-8-19(9-11-20)18-6-4-3-5-7-18/h3-15,23H,1-2H3. The van der Waals surface area contributed by atoms with Gasteiger partial charge >= 0.3 is 11.9 Å². The molecular formula is C23H20O4. The van der Waals surface area contributed by atoms with Gasteiger partial charge in [-0.25, -0.2) is 0 Å². The van der Waals surface area contributed by atoms with E-state index in [1.54, 1.807) is 24.3 Å². The van der Waals surface area contributed by atoms with Crippen LogP contribution in [-0.4, -0.2) is 11.9 Å². The second kappa shape index (κ2) is 8.32. The number of carbonyl (C=O) groups is 2. The summed E-state index contributed by atoms with van der Waals surface area (Å²) in [6.07, 6.45) is -0.529. The molecule has 4 heteroatoms. The van der Waals surface area contributed by atoms with E-state index in [-0.39, 0.29) is 11.9 Å². The molecule has 0 radical (unpaired) electrons. The van der Waals surface area contributed by atoms with Crippen LogP contribution < -0.4 is 4.74 Å². The molecule has 3 aromatic rings. The summed E-state index contributed by atoms with van der Waals surface area (Å²) in [6, 6.07) is 24.9. The minimum Gasteiger partial charge on any atom is -0.453 e. The van der Waals surface area contributed by atoms with Crippen LogP contribution in [0.15, 0.2) is 78.9 Å². The summed E-state index contributed by atoms with van der Waals surface area (Å²) in [4.78, 5) is 22.7. The first-order valence-electron chi connectivity index (χ1n) is 8.64. The van der Waals surface area contributed by atoms with E-state index in [9.17, 15) is 9.59 Å². The molecule has 0 aliphatic carbocycles. The number of hydrogen-bond acceptors (Lipinski definition) is 4. The third kappa shape index (κ3) is 4.82. The van der Waals surface area contributed by atoms with Crippen molar-refractivity contribution in [1.29, 1.82) is 0 Å². The molecule has 0 saturated carbocycles. The Morgan fingerprint density at radius 1 is 0.667 bits per heavy atom. The molecule has 0 amide bonds. The van der Waals surface area contributed by atoms with Gasteiger partial charge in [0.15, 0.2) is 6.10 Å². The molecule has 0 N–H and O–H groups in total. The molecule has 3 aromatic carbocycles. The molecule has 0 fully saturated rings. The lowest BCUT2D eigenvalue weighted by Crippen LogP contribution is -2.10. The van der Waals surface area contributed by atoms with Crippen molar-refractivity contribution >= 4 is 11.9 Å². The van der Waals surface area contributed by atoms with Crippen molar-refractivity contribution in [1.82, 2.24) is 0 Å². The summed E-state index contributed by atoms with van der Waals surface area (Å²) < 4.78 is 10.6. The fourth-order valence-electron chi connectivity index (χ4n) is 2.85. The maximum absolute atomic E-state index is 11.6. The van der Waals surface area contributed by atoms with Gasteiger partial charge in [0, 0.05) is 13.8 Å². The van der Waals surface area contributed by atoms with Crippen molar-refractivity contribution in [3.8, 4) is 16.9 Å². The van der Waals surface area contributed by atoms with Gasteiger partial charge in [-0.1, -0.05) is 66.7 Å². The van der Waals surface area contributed by atoms with Crippen molar-refractivity contribution in [3.63, 3.8) is 0 Å². The normalized spacial score (nSPS) is 11.5. The molecule has 0 aliphatic heterocycles. The van der Waals surface area contributed by atoms with E-state index in [0.29, 0.717) is 5.75 Å². The van der Waals surface area contributed by atoms with Crippen molar-refractivity contribution in [2.24, 2.45) is 0 Å². The molecule has 1 unspecified atom stereocenters. The third-order valence-corrected chi connectivity index (χ3v) is 4.05. The molecule has 0 saturated heterocycles. The van der Waals surface area contributed by atoms with Crippen LogP contribution in [0.5, 0.6) is 5.75 Å². The summed E-state index contributed by atoms with van der Waals surface area (Å²) in [5, 5.41) is 0. The fraction of sp³-hybridized carbons (Fsp3) is 0.130. The lowest BCUT2D eigenvalue weighted by molar-refractivity contribution is -0.144. The van der Waals surface area contributed by atoms with Gasteiger partial charge in [-0.15, -0.1) is 0 Å². The lowest BCUT2D eigenvalue weighted by atomic mass is 9.98. The van der Waals surface area contributed by atoms with Crippen LogP contribution in [0.1, 0.15) is 31.1 Å². The van der Waals surface area contributed by atoms with Gasteiger partial charge in [0.1, 0.15) is 5.75 Å². The highest BCUT2D eigenvalue weighted by Crippen LogP contribution is 2.30. The van der Waals surface area contributed by atoms with E-state index in [2.05, 4.69) is 0 Å². The van der Waals surface area contributed by atoms with Gasteiger partial charge < -0.3 is 9.47 Å². The molecule has 3 rings (SSSR count). The van der Waals surface area contributed by atoms with Crippen LogP contribution in [0.4, 0.5) is 0 Å². The Balaban J connectivity index is 1.88. The molecule has 27 heavy (non-hydrogen) atoms. The molecule has 0 bridgehead atoms. The molecule has 4 nitrogen and oxygen atoms in total. The monoisotopic (exact) mass is 360 g/mol. The minimum absolute atomic E-state index is 0.365. The summed E-state index contributed by atoms with van der Waals surface area (Å²) >= 11 is 0. The number of carbonyl (C=O) groups excluding carboxylic acids is 2. The quantitative estimate of drug-likeness (QED) is 0.478. The Morgan fingerprint density at radius 2 is 1.19 bits per heavy atom. The van der Waals surface area contributed by atoms with Gasteiger partial charge in [-0.3, -0.25) is 9.59 Å². The van der Waals surface area contributed by atoms with Gasteiger partial charge in [0.2, 0.25) is 0 Å². The number of rotatable bonds is 5. The Bertz CT molecular complexity index is 913. The Hall–Kier alpha value is -3.40. The Morgan fingerprint density at radius 3 is 1.70 bits per heavy atom. The van der Waals surface area contributed by atoms with E-state index in [4.69, 9.17) is 9.47 Å². The van der Waals surface area contributed by atoms with Crippen LogP contribution >= 0.6 is 0 Å². The van der Waals surface area contributed by atoms with Crippen LogP contribution in [0.25, 0.3) is 11.1 Å². The molecule has 0 aliphatic rings. The first kappa shape index (κ1) is 18.4. The number of hydrogen-bond donors (Lipinski definition) is 0. The van der Waals surface area contributed by atoms with Crippen molar-refractivity contribution in [3.05, 3.63) is 90.0 Å². The molecule has 0 heterocycles. The average Bonchev–Trinajstić information content (AvgIpc) is 2.67. The largest absolute Gasteiger partial charge is 0.453 e. The Labute approximate surface area is 158 Å². The molecule has 136 valence electrons. The van der Waals surface area contributed by atoms with Crippen molar-refractivity contribution < 1.29 is 19.1 Å². The van der Waals surface area contributed by atoms with E-state index >= 15 is 0 Å². The predicted octanol–water partition coefficient (Wildman–Crippen LogP) is 4.93. The van der Waals surface area contributed by atoms with Gasteiger partial charge in [0.25, 0.3) is 0 Å². The first-order chi connectivity index (χ1) is 13.0. The maximum Gasteiger partial charge on any atom is 0.308 e. The van der Waals surface area contributed by atoms with Gasteiger partial charge in [-0.05, 0) is 34.4 Å². The maximum atomic E-state index is 11.6. The smallest absolute Gasteiger partial charge is 0.308 e. The van der Waals surface area contributed by atoms with E-state index < -0.39 is 6.10 Å². The highest BCUT2D eigenvalue weighted by Gasteiger charge is 2.18. The van der Waals surface area contributed by atoms with E-state index in [0.717, 1.165) is 22.3 Å². The summed E-state index contributed by atoms with van der Waals surface area (Å²) in [6.45, 7) is 2.74. The van der Waals surface area contributed by atoms with E-state index in [1.807, 2.05) is 54.6 Å². The first-order valence-corrected chi connectivity index (χ1v) is 8.64.